The van der Waals surface area contributed by atoms with Gasteiger partial charge in [0.2, 0.25) is 0 Å². The third-order valence-corrected chi connectivity index (χ3v) is 4.58. The molecule has 0 spiro atoms. The fourth-order valence-corrected chi connectivity index (χ4v) is 3.13. The second kappa shape index (κ2) is 7.59. The summed E-state index contributed by atoms with van der Waals surface area (Å²) in [6, 6.07) is 17.5. The van der Waals surface area contributed by atoms with E-state index < -0.39 is 0 Å². The number of hydrogen-bond acceptors (Lipinski definition) is 5. The number of aromatic nitrogens is 1. The number of amides is 2. The van der Waals surface area contributed by atoms with Crippen molar-refractivity contribution in [2.75, 3.05) is 10.6 Å². The minimum atomic E-state index is -0.383. The second-order valence-electron chi connectivity index (χ2n) is 5.40. The van der Waals surface area contributed by atoms with Gasteiger partial charge in [-0.1, -0.05) is 35.6 Å². The number of nitrogens with one attached hydrogen (secondary N) is 2. The molecular weight excluding hydrogens is 348 g/mol. The SMILES string of the molecule is Cc1nc(NC(=O)c2cccc(C#N)c2)sc1C(=O)Nc1ccccc1. The average Bonchev–Trinajstić information content (AvgIpc) is 3.03. The summed E-state index contributed by atoms with van der Waals surface area (Å²) < 4.78 is 0. The monoisotopic (exact) mass is 362 g/mol. The lowest BCUT2D eigenvalue weighted by atomic mass is 10.1. The van der Waals surface area contributed by atoms with Gasteiger partial charge in [0, 0.05) is 11.3 Å². The van der Waals surface area contributed by atoms with E-state index in [1.54, 1.807) is 37.3 Å². The van der Waals surface area contributed by atoms with Crippen LogP contribution in [0.25, 0.3) is 0 Å². The number of carbonyl (C=O) groups is 2. The largest absolute Gasteiger partial charge is 0.321 e. The molecule has 2 amide bonds. The van der Waals surface area contributed by atoms with Gasteiger partial charge in [0.25, 0.3) is 11.8 Å². The molecule has 0 radical (unpaired) electrons. The number of anilines is 2. The molecule has 1 heterocycles. The maximum Gasteiger partial charge on any atom is 0.267 e. The van der Waals surface area contributed by atoms with Crippen molar-refractivity contribution in [3.05, 3.63) is 76.3 Å². The molecule has 0 atom stereocenters. The fourth-order valence-electron chi connectivity index (χ4n) is 2.27. The first kappa shape index (κ1) is 17.3. The van der Waals surface area contributed by atoms with Gasteiger partial charge in [-0.2, -0.15) is 5.26 Å². The molecule has 3 aromatic rings. The van der Waals surface area contributed by atoms with Gasteiger partial charge in [-0.05, 0) is 37.3 Å². The summed E-state index contributed by atoms with van der Waals surface area (Å²) in [4.78, 5) is 29.4. The molecule has 1 aromatic heterocycles. The van der Waals surface area contributed by atoms with E-state index >= 15 is 0 Å². The molecule has 0 fully saturated rings. The molecule has 6 nitrogen and oxygen atoms in total. The maximum absolute atomic E-state index is 12.4. The zero-order chi connectivity index (χ0) is 18.5. The molecule has 128 valence electrons. The molecule has 0 saturated heterocycles. The van der Waals surface area contributed by atoms with Crippen molar-refractivity contribution in [3.8, 4) is 6.07 Å². The zero-order valence-electron chi connectivity index (χ0n) is 13.8. The van der Waals surface area contributed by atoms with E-state index in [2.05, 4.69) is 15.6 Å². The van der Waals surface area contributed by atoms with Crippen LogP contribution in [0.5, 0.6) is 0 Å². The van der Waals surface area contributed by atoms with E-state index in [1.807, 2.05) is 24.3 Å². The Morgan fingerprint density at radius 2 is 1.81 bits per heavy atom. The number of benzene rings is 2. The molecule has 0 unspecified atom stereocenters. The Bertz CT molecular complexity index is 1010. The molecule has 0 saturated carbocycles. The van der Waals surface area contributed by atoms with Crippen molar-refractivity contribution in [2.45, 2.75) is 6.92 Å². The van der Waals surface area contributed by atoms with Crippen LogP contribution >= 0.6 is 11.3 Å². The summed E-state index contributed by atoms with van der Waals surface area (Å²) >= 11 is 1.10. The van der Waals surface area contributed by atoms with Crippen LogP contribution in [-0.4, -0.2) is 16.8 Å². The first-order valence-corrected chi connectivity index (χ1v) is 8.54. The van der Waals surface area contributed by atoms with Crippen molar-refractivity contribution >= 4 is 34.0 Å². The smallest absolute Gasteiger partial charge is 0.267 e. The van der Waals surface area contributed by atoms with Gasteiger partial charge < -0.3 is 5.32 Å². The predicted molar refractivity (Wildman–Crippen MR) is 100 cm³/mol. The highest BCUT2D eigenvalue weighted by Crippen LogP contribution is 2.24. The van der Waals surface area contributed by atoms with Gasteiger partial charge in [-0.15, -0.1) is 0 Å². The lowest BCUT2D eigenvalue weighted by Crippen LogP contribution is -2.11. The Labute approximate surface area is 154 Å². The number of thiazole rings is 1. The normalized spacial score (nSPS) is 10.0. The number of nitriles is 1. The van der Waals surface area contributed by atoms with Crippen LogP contribution in [0.1, 0.15) is 31.3 Å². The van der Waals surface area contributed by atoms with Gasteiger partial charge in [0.15, 0.2) is 5.13 Å². The average molecular weight is 362 g/mol. The van der Waals surface area contributed by atoms with Gasteiger partial charge in [0.05, 0.1) is 17.3 Å². The zero-order valence-corrected chi connectivity index (χ0v) is 14.6. The maximum atomic E-state index is 12.4. The standard InChI is InChI=1S/C19H14N4O2S/c1-12-16(18(25)22-15-8-3-2-4-9-15)26-19(21-12)23-17(24)14-7-5-6-13(10-14)11-20/h2-10H,1H3,(H,22,25)(H,21,23,24). The summed E-state index contributed by atoms with van der Waals surface area (Å²) in [5.74, 6) is -0.663. The molecule has 3 rings (SSSR count). The van der Waals surface area contributed by atoms with E-state index in [4.69, 9.17) is 5.26 Å². The summed E-state index contributed by atoms with van der Waals surface area (Å²) in [6.45, 7) is 1.71. The minimum Gasteiger partial charge on any atom is -0.321 e. The number of carbonyl (C=O) groups excluding carboxylic acids is 2. The minimum absolute atomic E-state index is 0.279. The summed E-state index contributed by atoms with van der Waals surface area (Å²) in [5.41, 5.74) is 1.97. The number of aryl methyl sites for hydroxylation is 1. The van der Waals surface area contributed by atoms with Crippen LogP contribution in [0, 0.1) is 18.3 Å². The quantitative estimate of drug-likeness (QED) is 0.737. The van der Waals surface area contributed by atoms with Crippen LogP contribution in [-0.2, 0) is 0 Å². The third-order valence-electron chi connectivity index (χ3n) is 3.51. The highest BCUT2D eigenvalue weighted by atomic mass is 32.1. The van der Waals surface area contributed by atoms with E-state index in [0.29, 0.717) is 32.5 Å². The Morgan fingerprint density at radius 3 is 2.54 bits per heavy atom. The van der Waals surface area contributed by atoms with Crippen LogP contribution in [0.4, 0.5) is 10.8 Å². The lowest BCUT2D eigenvalue weighted by Gasteiger charge is -2.03. The highest BCUT2D eigenvalue weighted by molar-refractivity contribution is 7.17. The molecule has 2 aromatic carbocycles. The van der Waals surface area contributed by atoms with Crippen LogP contribution in [0.2, 0.25) is 0 Å². The van der Waals surface area contributed by atoms with Gasteiger partial charge in [-0.3, -0.25) is 14.9 Å². The van der Waals surface area contributed by atoms with Crippen molar-refractivity contribution < 1.29 is 9.59 Å². The predicted octanol–water partition coefficient (Wildman–Crippen LogP) is 3.83. The summed E-state index contributed by atoms with van der Waals surface area (Å²) in [7, 11) is 0. The number of rotatable bonds is 4. The van der Waals surface area contributed by atoms with Gasteiger partial charge in [0.1, 0.15) is 4.88 Å². The number of nitrogens with zero attached hydrogens (tertiary/aromatic N) is 2. The molecule has 7 heteroatoms. The van der Waals surface area contributed by atoms with Crippen LogP contribution in [0.3, 0.4) is 0 Å². The van der Waals surface area contributed by atoms with Crippen molar-refractivity contribution in [2.24, 2.45) is 0 Å². The van der Waals surface area contributed by atoms with Gasteiger partial charge >= 0.3 is 0 Å². The third kappa shape index (κ3) is 3.94. The van der Waals surface area contributed by atoms with E-state index in [0.717, 1.165) is 11.3 Å². The van der Waals surface area contributed by atoms with Crippen molar-refractivity contribution in [1.29, 1.82) is 5.26 Å². The fraction of sp³-hybridized carbons (Fsp3) is 0.0526. The first-order chi connectivity index (χ1) is 12.6. The molecule has 0 aliphatic carbocycles. The molecule has 26 heavy (non-hydrogen) atoms. The molecular formula is C19H14N4O2S. The topological polar surface area (TPSA) is 94.9 Å². The molecule has 0 aliphatic heterocycles. The molecule has 0 bridgehead atoms. The van der Waals surface area contributed by atoms with Crippen LogP contribution in [0.15, 0.2) is 54.6 Å². The Hall–Kier alpha value is -3.50. The van der Waals surface area contributed by atoms with Crippen LogP contribution < -0.4 is 10.6 Å². The summed E-state index contributed by atoms with van der Waals surface area (Å²) in [5, 5.41) is 14.7. The number of hydrogen-bond donors (Lipinski definition) is 2. The Balaban J connectivity index is 1.74. The first-order valence-electron chi connectivity index (χ1n) is 7.72. The van der Waals surface area contributed by atoms with E-state index in [-0.39, 0.29) is 11.8 Å². The van der Waals surface area contributed by atoms with E-state index in [9.17, 15) is 9.59 Å². The molecule has 2 N–H and O–H groups in total. The Morgan fingerprint density at radius 1 is 1.04 bits per heavy atom. The molecule has 0 aliphatic rings. The number of para-hydroxylation sites is 1. The highest BCUT2D eigenvalue weighted by Gasteiger charge is 2.17. The van der Waals surface area contributed by atoms with E-state index in [1.165, 1.54) is 6.07 Å². The second-order valence-corrected chi connectivity index (χ2v) is 6.40. The van der Waals surface area contributed by atoms with Crippen molar-refractivity contribution in [1.82, 2.24) is 4.98 Å². The summed E-state index contributed by atoms with van der Waals surface area (Å²) in [6.07, 6.45) is 0. The lowest BCUT2D eigenvalue weighted by molar-refractivity contribution is 0.102. The van der Waals surface area contributed by atoms with Crippen molar-refractivity contribution in [3.63, 3.8) is 0 Å². The Kier molecular flexibility index (Phi) is 5.06. The van der Waals surface area contributed by atoms with Gasteiger partial charge in [-0.25, -0.2) is 4.98 Å².